The van der Waals surface area contributed by atoms with Gasteiger partial charge in [0.1, 0.15) is 11.4 Å². The number of nitrogens with two attached hydrogens (primary N) is 1. The molecule has 6 heteroatoms. The number of amides is 2. The number of anilines is 1. The van der Waals surface area contributed by atoms with Crippen LogP contribution in [0.15, 0.2) is 42.5 Å². The van der Waals surface area contributed by atoms with Crippen molar-refractivity contribution in [3.05, 3.63) is 59.4 Å². The quantitative estimate of drug-likeness (QED) is 0.911. The standard InChI is InChI=1S/C18H20N4O2/c1-12-10-21(2)16-9-4-3-6-13(16)11-22(12)18(24)15-8-5-7-14(20-15)17(19)23/h3-9,12H,10-11H2,1-2H3,(H2,19,23)/t12-/m1/s1. The Bertz CT molecular complexity index is 790. The topological polar surface area (TPSA) is 79.5 Å². The van der Waals surface area contributed by atoms with Gasteiger partial charge in [-0.25, -0.2) is 4.98 Å². The number of aromatic nitrogens is 1. The first-order valence-corrected chi connectivity index (χ1v) is 7.84. The highest BCUT2D eigenvalue weighted by Gasteiger charge is 2.28. The van der Waals surface area contributed by atoms with Crippen molar-refractivity contribution >= 4 is 17.5 Å². The minimum atomic E-state index is -0.640. The summed E-state index contributed by atoms with van der Waals surface area (Å²) in [5.41, 5.74) is 7.81. The first-order chi connectivity index (χ1) is 11.5. The van der Waals surface area contributed by atoms with Crippen molar-refractivity contribution in [2.45, 2.75) is 19.5 Å². The van der Waals surface area contributed by atoms with Crippen LogP contribution in [0.4, 0.5) is 5.69 Å². The van der Waals surface area contributed by atoms with Gasteiger partial charge in [0.25, 0.3) is 11.8 Å². The zero-order valence-corrected chi connectivity index (χ0v) is 13.8. The Morgan fingerprint density at radius 1 is 1.12 bits per heavy atom. The van der Waals surface area contributed by atoms with E-state index in [0.717, 1.165) is 17.8 Å². The van der Waals surface area contributed by atoms with E-state index in [-0.39, 0.29) is 23.3 Å². The van der Waals surface area contributed by atoms with Gasteiger partial charge in [-0.05, 0) is 30.7 Å². The van der Waals surface area contributed by atoms with E-state index in [1.165, 1.54) is 6.07 Å². The summed E-state index contributed by atoms with van der Waals surface area (Å²) in [5.74, 6) is -0.839. The molecule has 2 heterocycles. The summed E-state index contributed by atoms with van der Waals surface area (Å²) in [6.45, 7) is 3.24. The minimum absolute atomic E-state index is 0.00827. The molecule has 3 rings (SSSR count). The Morgan fingerprint density at radius 3 is 2.58 bits per heavy atom. The molecule has 6 nitrogen and oxygen atoms in total. The number of hydrogen-bond acceptors (Lipinski definition) is 4. The van der Waals surface area contributed by atoms with Gasteiger partial charge in [0.05, 0.1) is 0 Å². The molecule has 0 unspecified atom stereocenters. The van der Waals surface area contributed by atoms with E-state index < -0.39 is 5.91 Å². The van der Waals surface area contributed by atoms with Crippen molar-refractivity contribution in [1.82, 2.24) is 9.88 Å². The zero-order valence-electron chi connectivity index (χ0n) is 13.8. The molecule has 2 amide bonds. The third-order valence-corrected chi connectivity index (χ3v) is 4.30. The molecule has 124 valence electrons. The van der Waals surface area contributed by atoms with E-state index in [1.54, 1.807) is 17.0 Å². The number of carbonyl (C=O) groups excluding carboxylic acids is 2. The Labute approximate surface area is 140 Å². The molecule has 0 aliphatic carbocycles. The van der Waals surface area contributed by atoms with Gasteiger partial charge >= 0.3 is 0 Å². The van der Waals surface area contributed by atoms with E-state index in [0.29, 0.717) is 6.54 Å². The van der Waals surface area contributed by atoms with Crippen LogP contribution in [0, 0.1) is 0 Å². The Balaban J connectivity index is 1.95. The second-order valence-electron chi connectivity index (χ2n) is 6.06. The third kappa shape index (κ3) is 2.95. The largest absolute Gasteiger partial charge is 0.372 e. The predicted molar refractivity (Wildman–Crippen MR) is 91.8 cm³/mol. The summed E-state index contributed by atoms with van der Waals surface area (Å²) in [5, 5.41) is 0. The van der Waals surface area contributed by atoms with Gasteiger partial charge < -0.3 is 15.5 Å². The molecule has 0 radical (unpaired) electrons. The molecule has 0 fully saturated rings. The summed E-state index contributed by atoms with van der Waals surface area (Å²) < 4.78 is 0. The van der Waals surface area contributed by atoms with Crippen LogP contribution < -0.4 is 10.6 Å². The smallest absolute Gasteiger partial charge is 0.273 e. The Kier molecular flexibility index (Phi) is 4.20. The second-order valence-corrected chi connectivity index (χ2v) is 6.06. The van der Waals surface area contributed by atoms with Gasteiger partial charge in [0.2, 0.25) is 0 Å². The van der Waals surface area contributed by atoms with Crippen LogP contribution in [0.1, 0.15) is 33.5 Å². The zero-order chi connectivity index (χ0) is 17.3. The number of primary amides is 1. The van der Waals surface area contributed by atoms with E-state index in [4.69, 9.17) is 5.73 Å². The number of hydrogen-bond donors (Lipinski definition) is 1. The number of carbonyl (C=O) groups is 2. The van der Waals surface area contributed by atoms with Crippen molar-refractivity contribution < 1.29 is 9.59 Å². The van der Waals surface area contributed by atoms with Crippen LogP contribution in [0.2, 0.25) is 0 Å². The van der Waals surface area contributed by atoms with E-state index >= 15 is 0 Å². The molecule has 0 saturated heterocycles. The van der Waals surface area contributed by atoms with Crippen molar-refractivity contribution in [3.63, 3.8) is 0 Å². The molecule has 0 bridgehead atoms. The maximum absolute atomic E-state index is 12.9. The highest BCUT2D eigenvalue weighted by atomic mass is 16.2. The van der Waals surface area contributed by atoms with E-state index in [2.05, 4.69) is 16.0 Å². The molecule has 1 aromatic carbocycles. The average Bonchev–Trinajstić information content (AvgIpc) is 2.71. The molecule has 24 heavy (non-hydrogen) atoms. The second kappa shape index (κ2) is 6.31. The lowest BCUT2D eigenvalue weighted by atomic mass is 10.1. The predicted octanol–water partition coefficient (Wildman–Crippen LogP) is 1.66. The Hall–Kier alpha value is -2.89. The SMILES string of the molecule is C[C@@H]1CN(C)c2ccccc2CN1C(=O)c1cccc(C(N)=O)n1. The normalized spacial score (nSPS) is 17.2. The van der Waals surface area contributed by atoms with Crippen LogP contribution in [-0.4, -0.2) is 41.3 Å². The number of rotatable bonds is 2. The van der Waals surface area contributed by atoms with Crippen LogP contribution in [0.5, 0.6) is 0 Å². The van der Waals surface area contributed by atoms with Gasteiger partial charge in [0.15, 0.2) is 0 Å². The molecule has 2 N–H and O–H groups in total. The van der Waals surface area contributed by atoms with Crippen molar-refractivity contribution in [2.75, 3.05) is 18.5 Å². The molecule has 1 atom stereocenters. The lowest BCUT2D eigenvalue weighted by molar-refractivity contribution is 0.0681. The van der Waals surface area contributed by atoms with Crippen molar-refractivity contribution in [3.8, 4) is 0 Å². The van der Waals surface area contributed by atoms with E-state index in [9.17, 15) is 9.59 Å². The summed E-state index contributed by atoms with van der Waals surface area (Å²) in [6, 6.07) is 12.8. The first kappa shape index (κ1) is 16.0. The van der Waals surface area contributed by atoms with E-state index in [1.807, 2.05) is 32.2 Å². The van der Waals surface area contributed by atoms with Gasteiger partial charge in [-0.15, -0.1) is 0 Å². The summed E-state index contributed by atoms with van der Waals surface area (Å²) in [7, 11) is 2.02. The fourth-order valence-corrected chi connectivity index (χ4v) is 3.06. The van der Waals surface area contributed by atoms with Gasteiger partial charge in [-0.1, -0.05) is 24.3 Å². The first-order valence-electron chi connectivity index (χ1n) is 7.84. The molecular weight excluding hydrogens is 304 g/mol. The number of fused-ring (bicyclic) bond motifs is 1. The number of likely N-dealkylation sites (N-methyl/N-ethyl adjacent to an activating group) is 1. The number of benzene rings is 1. The molecule has 1 aromatic heterocycles. The minimum Gasteiger partial charge on any atom is -0.372 e. The highest BCUT2D eigenvalue weighted by Crippen LogP contribution is 2.26. The summed E-state index contributed by atoms with van der Waals surface area (Å²) in [4.78, 5) is 32.3. The monoisotopic (exact) mass is 324 g/mol. The molecule has 1 aliphatic rings. The average molecular weight is 324 g/mol. The fraction of sp³-hybridized carbons (Fsp3) is 0.278. The number of pyridine rings is 1. The summed E-state index contributed by atoms with van der Waals surface area (Å²) in [6.07, 6.45) is 0. The maximum atomic E-state index is 12.9. The fourth-order valence-electron chi connectivity index (χ4n) is 3.06. The van der Waals surface area contributed by atoms with Gasteiger partial charge in [-0.3, -0.25) is 9.59 Å². The van der Waals surface area contributed by atoms with Crippen LogP contribution >= 0.6 is 0 Å². The van der Waals surface area contributed by atoms with Crippen molar-refractivity contribution in [1.29, 1.82) is 0 Å². The maximum Gasteiger partial charge on any atom is 0.273 e. The van der Waals surface area contributed by atoms with Crippen LogP contribution in [-0.2, 0) is 6.54 Å². The Morgan fingerprint density at radius 2 is 1.83 bits per heavy atom. The summed E-state index contributed by atoms with van der Waals surface area (Å²) >= 11 is 0. The molecule has 0 spiro atoms. The molecule has 0 saturated carbocycles. The van der Waals surface area contributed by atoms with Crippen LogP contribution in [0.3, 0.4) is 0 Å². The molecular formula is C18H20N4O2. The third-order valence-electron chi connectivity index (χ3n) is 4.30. The lowest BCUT2D eigenvalue weighted by Crippen LogP contribution is -2.42. The lowest BCUT2D eigenvalue weighted by Gasteiger charge is -2.28. The number of para-hydroxylation sites is 1. The van der Waals surface area contributed by atoms with Gasteiger partial charge in [0, 0.05) is 31.9 Å². The van der Waals surface area contributed by atoms with Crippen molar-refractivity contribution in [2.24, 2.45) is 5.73 Å². The van der Waals surface area contributed by atoms with Gasteiger partial charge in [-0.2, -0.15) is 0 Å². The molecule has 1 aliphatic heterocycles. The molecule has 2 aromatic rings. The van der Waals surface area contributed by atoms with Crippen LogP contribution in [0.25, 0.3) is 0 Å². The number of nitrogens with zero attached hydrogens (tertiary/aromatic N) is 3. The highest BCUT2D eigenvalue weighted by molar-refractivity contribution is 5.95.